The highest BCUT2D eigenvalue weighted by Gasteiger charge is 2.39. The molecule has 6 nitrogen and oxygen atoms in total. The molecule has 2 saturated heterocycles. The topological polar surface area (TPSA) is 50.6 Å². The number of likely N-dealkylation sites (N-methyl/N-ethyl adjacent to an activating group) is 1. The van der Waals surface area contributed by atoms with Crippen LogP contribution in [0.25, 0.3) is 5.69 Å². The van der Waals surface area contributed by atoms with Crippen LogP contribution in [0, 0.1) is 0 Å². The molecule has 3 heterocycles. The largest absolute Gasteiger partial charge is 0.416 e. The minimum absolute atomic E-state index is 0.00596. The van der Waals surface area contributed by atoms with Gasteiger partial charge in [-0.25, -0.2) is 0 Å². The van der Waals surface area contributed by atoms with Crippen LogP contribution in [0.5, 0.6) is 0 Å². The Hall–Kier alpha value is -2.10. The summed E-state index contributed by atoms with van der Waals surface area (Å²) < 4.78 is 45.5. The Morgan fingerprint density at radius 2 is 2.07 bits per heavy atom. The van der Waals surface area contributed by atoms with Crippen LogP contribution >= 0.6 is 11.6 Å². The van der Waals surface area contributed by atoms with E-state index in [0.717, 1.165) is 23.4 Å². The molecule has 0 N–H and O–H groups in total. The Labute approximate surface area is 164 Å². The van der Waals surface area contributed by atoms with Crippen molar-refractivity contribution in [1.82, 2.24) is 14.7 Å². The first kappa shape index (κ1) is 19.2. The molecule has 28 heavy (non-hydrogen) atoms. The normalized spacial score (nSPS) is 23.1. The van der Waals surface area contributed by atoms with E-state index in [4.69, 9.17) is 16.3 Å². The van der Waals surface area contributed by atoms with Gasteiger partial charge in [0.15, 0.2) is 0 Å². The minimum Gasteiger partial charge on any atom is -0.373 e. The highest BCUT2D eigenvalue weighted by molar-refractivity contribution is 6.33. The van der Waals surface area contributed by atoms with E-state index in [9.17, 15) is 18.0 Å². The zero-order valence-electron chi connectivity index (χ0n) is 15.0. The van der Waals surface area contributed by atoms with E-state index in [2.05, 4.69) is 10.00 Å². The first-order valence-electron chi connectivity index (χ1n) is 8.78. The van der Waals surface area contributed by atoms with Crippen molar-refractivity contribution in [2.45, 2.75) is 18.3 Å². The van der Waals surface area contributed by atoms with Gasteiger partial charge in [0.2, 0.25) is 0 Å². The molecule has 2 aliphatic heterocycles. The fraction of sp³-hybridized carbons (Fsp3) is 0.444. The van der Waals surface area contributed by atoms with Crippen LogP contribution in [0.15, 0.2) is 35.3 Å². The maximum Gasteiger partial charge on any atom is 0.416 e. The predicted octanol–water partition coefficient (Wildman–Crippen LogP) is 2.42. The van der Waals surface area contributed by atoms with Gasteiger partial charge in [-0.2, -0.15) is 23.0 Å². The lowest BCUT2D eigenvalue weighted by molar-refractivity contribution is -0.137. The molecule has 1 aromatic heterocycles. The lowest BCUT2D eigenvalue weighted by Crippen LogP contribution is -2.48. The minimum atomic E-state index is -4.51. The number of ether oxygens (including phenoxy) is 1. The molecular formula is C18H18ClF3N4O2. The van der Waals surface area contributed by atoms with Crippen molar-refractivity contribution in [3.8, 4) is 5.69 Å². The second kappa shape index (κ2) is 7.06. The van der Waals surface area contributed by atoms with E-state index in [-0.39, 0.29) is 22.9 Å². The van der Waals surface area contributed by atoms with Gasteiger partial charge in [0.05, 0.1) is 41.9 Å². The van der Waals surface area contributed by atoms with Crippen LogP contribution in [0.1, 0.15) is 5.56 Å². The number of fused-ring (bicyclic) bond motifs is 1. The van der Waals surface area contributed by atoms with Crippen molar-refractivity contribution in [2.75, 3.05) is 38.2 Å². The molecular weight excluding hydrogens is 397 g/mol. The first-order chi connectivity index (χ1) is 13.3. The number of hydrogen-bond acceptors (Lipinski definition) is 5. The SMILES string of the molecule is CN1CCOC2CN(c3cnn(-c4cccc(C(F)(F)F)c4)c(=O)c3Cl)CC21. The Bertz CT molecular complexity index is 949. The van der Waals surface area contributed by atoms with E-state index in [1.54, 1.807) is 0 Å². The molecule has 10 heteroatoms. The fourth-order valence-electron chi connectivity index (χ4n) is 3.70. The molecule has 2 aromatic rings. The summed E-state index contributed by atoms with van der Waals surface area (Å²) in [5.74, 6) is 0. The number of nitrogens with zero attached hydrogens (tertiary/aromatic N) is 4. The average Bonchev–Trinajstić information content (AvgIpc) is 3.09. The van der Waals surface area contributed by atoms with Crippen LogP contribution in [0.4, 0.5) is 18.9 Å². The smallest absolute Gasteiger partial charge is 0.373 e. The quantitative estimate of drug-likeness (QED) is 0.755. The van der Waals surface area contributed by atoms with Gasteiger partial charge in [0, 0.05) is 19.6 Å². The number of anilines is 1. The highest BCUT2D eigenvalue weighted by atomic mass is 35.5. The van der Waals surface area contributed by atoms with E-state index in [1.807, 2.05) is 11.9 Å². The summed E-state index contributed by atoms with van der Waals surface area (Å²) in [4.78, 5) is 16.8. The lowest BCUT2D eigenvalue weighted by atomic mass is 10.1. The van der Waals surface area contributed by atoms with Crippen LogP contribution in [0.2, 0.25) is 5.02 Å². The van der Waals surface area contributed by atoms with E-state index >= 15 is 0 Å². The third kappa shape index (κ3) is 3.38. The number of aromatic nitrogens is 2. The standard InChI is InChI=1S/C18H18ClF3N4O2/c1-24-5-6-28-15-10-25(9-14(15)24)13-8-23-26(17(27)16(13)19)12-4-2-3-11(7-12)18(20,21)22/h2-4,7-8,14-15H,5-6,9-10H2,1H3. The molecule has 0 saturated carbocycles. The van der Waals surface area contributed by atoms with Crippen molar-refractivity contribution in [3.63, 3.8) is 0 Å². The van der Waals surface area contributed by atoms with Gasteiger partial charge in [-0.1, -0.05) is 17.7 Å². The molecule has 1 aromatic carbocycles. The summed E-state index contributed by atoms with van der Waals surface area (Å²) in [6.07, 6.45) is -3.08. The van der Waals surface area contributed by atoms with Gasteiger partial charge in [-0.15, -0.1) is 0 Å². The van der Waals surface area contributed by atoms with Gasteiger partial charge in [0.1, 0.15) is 5.02 Å². The number of morpholine rings is 1. The number of halogens is 4. The van der Waals surface area contributed by atoms with E-state index < -0.39 is 17.3 Å². The third-order valence-corrected chi connectivity index (χ3v) is 5.59. The van der Waals surface area contributed by atoms with Crippen molar-refractivity contribution < 1.29 is 17.9 Å². The van der Waals surface area contributed by atoms with Gasteiger partial charge >= 0.3 is 6.18 Å². The Morgan fingerprint density at radius 1 is 1.29 bits per heavy atom. The molecule has 2 aliphatic rings. The van der Waals surface area contributed by atoms with E-state index in [0.29, 0.717) is 25.4 Å². The molecule has 2 fully saturated rings. The van der Waals surface area contributed by atoms with Gasteiger partial charge < -0.3 is 9.64 Å². The van der Waals surface area contributed by atoms with Crippen LogP contribution in [-0.2, 0) is 10.9 Å². The second-order valence-corrected chi connectivity index (χ2v) is 7.35. The molecule has 0 spiro atoms. The fourth-order valence-corrected chi connectivity index (χ4v) is 3.95. The van der Waals surface area contributed by atoms with Crippen molar-refractivity contribution in [3.05, 3.63) is 51.4 Å². The van der Waals surface area contributed by atoms with Crippen LogP contribution < -0.4 is 10.5 Å². The third-order valence-electron chi connectivity index (χ3n) is 5.24. The number of hydrogen-bond donors (Lipinski definition) is 0. The van der Waals surface area contributed by atoms with E-state index in [1.165, 1.54) is 18.3 Å². The van der Waals surface area contributed by atoms with Crippen molar-refractivity contribution in [2.24, 2.45) is 0 Å². The van der Waals surface area contributed by atoms with Gasteiger partial charge in [-0.3, -0.25) is 9.69 Å². The summed E-state index contributed by atoms with van der Waals surface area (Å²) in [7, 11) is 2.02. The van der Waals surface area contributed by atoms with Crippen LogP contribution in [0.3, 0.4) is 0 Å². The molecule has 2 unspecified atom stereocenters. The predicted molar refractivity (Wildman–Crippen MR) is 98.2 cm³/mol. The molecule has 0 bridgehead atoms. The Kier molecular flexibility index (Phi) is 4.84. The summed E-state index contributed by atoms with van der Waals surface area (Å²) in [6, 6.07) is 4.61. The monoisotopic (exact) mass is 414 g/mol. The molecule has 0 amide bonds. The molecule has 0 radical (unpaired) electrons. The summed E-state index contributed by atoms with van der Waals surface area (Å²) in [5, 5.41) is 3.99. The average molecular weight is 415 g/mol. The zero-order chi connectivity index (χ0) is 20.1. The van der Waals surface area contributed by atoms with Crippen molar-refractivity contribution in [1.29, 1.82) is 0 Å². The Morgan fingerprint density at radius 3 is 2.79 bits per heavy atom. The molecule has 150 valence electrons. The molecule has 0 aliphatic carbocycles. The Balaban J connectivity index is 1.66. The van der Waals surface area contributed by atoms with Gasteiger partial charge in [0.25, 0.3) is 5.56 Å². The molecule has 2 atom stereocenters. The summed E-state index contributed by atoms with van der Waals surface area (Å²) in [5.41, 5.74) is -1.06. The number of benzene rings is 1. The van der Waals surface area contributed by atoms with Crippen molar-refractivity contribution >= 4 is 17.3 Å². The maximum absolute atomic E-state index is 13.0. The molecule has 4 rings (SSSR count). The summed E-state index contributed by atoms with van der Waals surface area (Å²) in [6.45, 7) is 2.69. The van der Waals surface area contributed by atoms with Crippen LogP contribution in [-0.4, -0.2) is 60.1 Å². The number of alkyl halides is 3. The highest BCUT2D eigenvalue weighted by Crippen LogP contribution is 2.31. The summed E-state index contributed by atoms with van der Waals surface area (Å²) >= 11 is 6.30. The zero-order valence-corrected chi connectivity index (χ0v) is 15.7. The van der Waals surface area contributed by atoms with Gasteiger partial charge in [-0.05, 0) is 25.2 Å². The number of rotatable bonds is 2. The lowest BCUT2D eigenvalue weighted by Gasteiger charge is -2.33. The first-order valence-corrected chi connectivity index (χ1v) is 9.16. The maximum atomic E-state index is 13.0. The second-order valence-electron chi connectivity index (χ2n) is 6.97.